The van der Waals surface area contributed by atoms with Crippen molar-refractivity contribution in [2.45, 2.75) is 6.92 Å². The zero-order valence-electron chi connectivity index (χ0n) is 12.6. The van der Waals surface area contributed by atoms with Gasteiger partial charge in [0.2, 0.25) is 0 Å². The lowest BCUT2D eigenvalue weighted by molar-refractivity contribution is -0.123. The number of carbonyl (C=O) groups is 3. The average molecular weight is 310 g/mol. The Morgan fingerprint density at radius 2 is 1.86 bits per heavy atom. The van der Waals surface area contributed by atoms with Crippen molar-refractivity contribution in [1.29, 1.82) is 0 Å². The molecule has 0 aromatic heterocycles. The fourth-order valence-corrected chi connectivity index (χ4v) is 1.62. The minimum absolute atomic E-state index is 0.118. The summed E-state index contributed by atoms with van der Waals surface area (Å²) in [6.45, 7) is 1.50. The maximum absolute atomic E-state index is 12.0. The number of nitrogens with one attached hydrogen (secondary N) is 2. The molecule has 0 radical (unpaired) electrons. The highest BCUT2D eigenvalue weighted by atomic mass is 16.5. The molecule has 0 atom stereocenters. The van der Waals surface area contributed by atoms with Gasteiger partial charge in [-0.1, -0.05) is 6.07 Å². The number of ether oxygens (including phenoxy) is 3. The van der Waals surface area contributed by atoms with Crippen LogP contribution in [0.15, 0.2) is 18.2 Å². The maximum Gasteiger partial charge on any atom is 0.342 e. The van der Waals surface area contributed by atoms with Gasteiger partial charge in [0.15, 0.2) is 18.1 Å². The van der Waals surface area contributed by atoms with Gasteiger partial charge in [0.1, 0.15) is 5.56 Å². The van der Waals surface area contributed by atoms with Crippen molar-refractivity contribution in [1.82, 2.24) is 10.6 Å². The number of methoxy groups -OCH3 is 2. The maximum atomic E-state index is 12.0. The number of para-hydroxylation sites is 1. The molecule has 0 spiro atoms. The molecule has 8 nitrogen and oxygen atoms in total. The highest BCUT2D eigenvalue weighted by Gasteiger charge is 2.19. The molecule has 0 heterocycles. The molecule has 0 fully saturated rings. The number of rotatable bonds is 6. The molecule has 8 heteroatoms. The summed E-state index contributed by atoms with van der Waals surface area (Å²) in [6, 6.07) is 4.04. The standard InChI is InChI=1S/C14H18N2O6/c1-4-15-14(19)16-11(17)8-22-13(18)9-6-5-7-10(20-2)12(9)21-3/h5-7H,4,8H2,1-3H3,(H2,15,16,17,19). The van der Waals surface area contributed by atoms with Gasteiger partial charge in [-0.15, -0.1) is 0 Å². The molecule has 0 aliphatic carbocycles. The van der Waals surface area contributed by atoms with Crippen LogP contribution in [0.2, 0.25) is 0 Å². The molecule has 3 amide bonds. The summed E-state index contributed by atoms with van der Waals surface area (Å²) in [5.41, 5.74) is 0.118. The van der Waals surface area contributed by atoms with Gasteiger partial charge in [-0.2, -0.15) is 0 Å². The Morgan fingerprint density at radius 3 is 2.45 bits per heavy atom. The minimum atomic E-state index is -0.762. The molecule has 0 aliphatic heterocycles. The molecule has 1 aromatic carbocycles. The second kappa shape index (κ2) is 8.50. The van der Waals surface area contributed by atoms with Crippen LogP contribution in [0.25, 0.3) is 0 Å². The van der Waals surface area contributed by atoms with E-state index in [1.165, 1.54) is 20.3 Å². The van der Waals surface area contributed by atoms with E-state index in [4.69, 9.17) is 14.2 Å². The molecular weight excluding hydrogens is 292 g/mol. The molecule has 22 heavy (non-hydrogen) atoms. The van der Waals surface area contributed by atoms with E-state index in [1.54, 1.807) is 19.1 Å². The number of esters is 1. The molecule has 1 aromatic rings. The van der Waals surface area contributed by atoms with Crippen LogP contribution in [-0.4, -0.2) is 45.3 Å². The van der Waals surface area contributed by atoms with E-state index < -0.39 is 24.5 Å². The second-order valence-corrected chi connectivity index (χ2v) is 4.02. The van der Waals surface area contributed by atoms with E-state index in [9.17, 15) is 14.4 Å². The minimum Gasteiger partial charge on any atom is -0.493 e. The van der Waals surface area contributed by atoms with Gasteiger partial charge in [-0.25, -0.2) is 9.59 Å². The molecule has 0 unspecified atom stereocenters. The lowest BCUT2D eigenvalue weighted by Gasteiger charge is -2.12. The smallest absolute Gasteiger partial charge is 0.342 e. The molecule has 1 rings (SSSR count). The number of amides is 3. The number of imide groups is 1. The van der Waals surface area contributed by atoms with Crippen LogP contribution in [0.4, 0.5) is 4.79 Å². The SMILES string of the molecule is CCNC(=O)NC(=O)COC(=O)c1cccc(OC)c1OC. The van der Waals surface area contributed by atoms with Gasteiger partial charge in [0, 0.05) is 6.54 Å². The van der Waals surface area contributed by atoms with Crippen LogP contribution in [0.3, 0.4) is 0 Å². The summed E-state index contributed by atoms with van der Waals surface area (Å²) < 4.78 is 15.0. The van der Waals surface area contributed by atoms with E-state index in [2.05, 4.69) is 5.32 Å². The van der Waals surface area contributed by atoms with Crippen LogP contribution in [-0.2, 0) is 9.53 Å². The molecule has 0 bridgehead atoms. The molecule has 0 saturated heterocycles. The zero-order valence-corrected chi connectivity index (χ0v) is 12.6. The van der Waals surface area contributed by atoms with Crippen molar-refractivity contribution in [3.63, 3.8) is 0 Å². The lowest BCUT2D eigenvalue weighted by atomic mass is 10.2. The summed E-state index contributed by atoms with van der Waals surface area (Å²) >= 11 is 0. The zero-order chi connectivity index (χ0) is 16.5. The Bertz CT molecular complexity index is 558. The predicted molar refractivity (Wildman–Crippen MR) is 77.0 cm³/mol. The summed E-state index contributed by atoms with van der Waals surface area (Å²) in [7, 11) is 2.82. The first-order valence-electron chi connectivity index (χ1n) is 6.49. The van der Waals surface area contributed by atoms with Crippen LogP contribution in [0.5, 0.6) is 11.5 Å². The molecule has 0 aliphatic rings. The van der Waals surface area contributed by atoms with Gasteiger partial charge in [0.25, 0.3) is 5.91 Å². The quantitative estimate of drug-likeness (QED) is 0.750. The number of carbonyl (C=O) groups excluding carboxylic acids is 3. The van der Waals surface area contributed by atoms with Gasteiger partial charge in [-0.05, 0) is 19.1 Å². The Kier molecular flexibility index (Phi) is 6.68. The van der Waals surface area contributed by atoms with Crippen LogP contribution < -0.4 is 20.1 Å². The van der Waals surface area contributed by atoms with Gasteiger partial charge in [0.05, 0.1) is 14.2 Å². The van der Waals surface area contributed by atoms with Crippen molar-refractivity contribution in [2.75, 3.05) is 27.4 Å². The largest absolute Gasteiger partial charge is 0.493 e. The van der Waals surface area contributed by atoms with Crippen LogP contribution >= 0.6 is 0 Å². The van der Waals surface area contributed by atoms with E-state index in [1.807, 2.05) is 5.32 Å². The van der Waals surface area contributed by atoms with Gasteiger partial charge >= 0.3 is 12.0 Å². The Hall–Kier alpha value is -2.77. The number of hydrogen-bond donors (Lipinski definition) is 2. The first-order valence-corrected chi connectivity index (χ1v) is 6.49. The highest BCUT2D eigenvalue weighted by molar-refractivity contribution is 5.98. The van der Waals surface area contributed by atoms with E-state index in [0.717, 1.165) is 0 Å². The van der Waals surface area contributed by atoms with Gasteiger partial charge in [-0.3, -0.25) is 10.1 Å². The Labute approximate surface area is 127 Å². The number of hydrogen-bond acceptors (Lipinski definition) is 6. The molecule has 120 valence electrons. The fourth-order valence-electron chi connectivity index (χ4n) is 1.62. The normalized spacial score (nSPS) is 9.59. The monoisotopic (exact) mass is 310 g/mol. The second-order valence-electron chi connectivity index (χ2n) is 4.02. The van der Waals surface area contributed by atoms with Crippen molar-refractivity contribution >= 4 is 17.9 Å². The first kappa shape index (κ1) is 17.3. The van der Waals surface area contributed by atoms with Crippen molar-refractivity contribution in [2.24, 2.45) is 0 Å². The molecular formula is C14H18N2O6. The van der Waals surface area contributed by atoms with Crippen LogP contribution in [0, 0.1) is 0 Å². The third kappa shape index (κ3) is 4.65. The van der Waals surface area contributed by atoms with Crippen LogP contribution in [0.1, 0.15) is 17.3 Å². The van der Waals surface area contributed by atoms with Gasteiger partial charge < -0.3 is 19.5 Å². The third-order valence-corrected chi connectivity index (χ3v) is 2.55. The van der Waals surface area contributed by atoms with Crippen molar-refractivity contribution < 1.29 is 28.6 Å². The van der Waals surface area contributed by atoms with Crippen molar-refractivity contribution in [3.8, 4) is 11.5 Å². The Morgan fingerprint density at radius 1 is 1.14 bits per heavy atom. The highest BCUT2D eigenvalue weighted by Crippen LogP contribution is 2.30. The van der Waals surface area contributed by atoms with Crippen molar-refractivity contribution in [3.05, 3.63) is 23.8 Å². The Balaban J connectivity index is 2.66. The molecule has 0 saturated carbocycles. The topological polar surface area (TPSA) is 103 Å². The number of benzene rings is 1. The summed E-state index contributed by atoms with van der Waals surface area (Å²) in [5.74, 6) is -0.925. The summed E-state index contributed by atoms with van der Waals surface area (Å²) in [4.78, 5) is 34.5. The fraction of sp³-hybridized carbons (Fsp3) is 0.357. The lowest BCUT2D eigenvalue weighted by Crippen LogP contribution is -2.41. The average Bonchev–Trinajstić information content (AvgIpc) is 2.51. The number of urea groups is 1. The third-order valence-electron chi connectivity index (χ3n) is 2.55. The van der Waals surface area contributed by atoms with E-state index >= 15 is 0 Å². The summed E-state index contributed by atoms with van der Waals surface area (Å²) in [6.07, 6.45) is 0. The predicted octanol–water partition coefficient (Wildman–Crippen LogP) is 0.706. The summed E-state index contributed by atoms with van der Waals surface area (Å²) in [5, 5.41) is 4.40. The molecule has 2 N–H and O–H groups in total. The van der Waals surface area contributed by atoms with E-state index in [-0.39, 0.29) is 11.3 Å². The van der Waals surface area contributed by atoms with E-state index in [0.29, 0.717) is 12.3 Å². The first-order chi connectivity index (χ1) is 10.5.